The molecule has 0 unspecified atom stereocenters. The van der Waals surface area contributed by atoms with E-state index in [4.69, 9.17) is 16.3 Å². The van der Waals surface area contributed by atoms with E-state index in [0.29, 0.717) is 18.8 Å². The minimum Gasteiger partial charge on any atom is -0.495 e. The molecule has 2 aromatic rings. The normalized spacial score (nSPS) is 14.9. The van der Waals surface area contributed by atoms with Crippen LogP contribution in [0.4, 0.5) is 11.4 Å². The van der Waals surface area contributed by atoms with Gasteiger partial charge in [0.15, 0.2) is 0 Å². The highest BCUT2D eigenvalue weighted by molar-refractivity contribution is 6.32. The third kappa shape index (κ3) is 5.65. The van der Waals surface area contributed by atoms with E-state index in [9.17, 15) is 4.79 Å². The van der Waals surface area contributed by atoms with Crippen molar-refractivity contribution in [1.82, 2.24) is 19.6 Å². The Morgan fingerprint density at radius 1 is 1.17 bits per heavy atom. The van der Waals surface area contributed by atoms with Crippen molar-refractivity contribution in [3.8, 4) is 5.75 Å². The van der Waals surface area contributed by atoms with Crippen molar-refractivity contribution < 1.29 is 4.74 Å². The van der Waals surface area contributed by atoms with Gasteiger partial charge < -0.3 is 19.9 Å². The Morgan fingerprint density at radius 2 is 1.90 bits per heavy atom. The minimum atomic E-state index is -0.256. The quantitative estimate of drug-likeness (QED) is 0.644. The Labute approximate surface area is 183 Å². The van der Waals surface area contributed by atoms with Gasteiger partial charge in [0.1, 0.15) is 10.8 Å². The Kier molecular flexibility index (Phi) is 7.95. The third-order valence-corrected chi connectivity index (χ3v) is 5.65. The lowest BCUT2D eigenvalue weighted by molar-refractivity contribution is 0.266. The van der Waals surface area contributed by atoms with E-state index in [-0.39, 0.29) is 10.6 Å². The Bertz CT molecular complexity index is 880. The van der Waals surface area contributed by atoms with Crippen LogP contribution in [0.1, 0.15) is 0 Å². The third-order valence-electron chi connectivity index (χ3n) is 5.29. The number of nitrogens with zero attached hydrogens (tertiary/aromatic N) is 5. The average Bonchev–Trinajstić information content (AvgIpc) is 2.76. The van der Waals surface area contributed by atoms with Crippen LogP contribution >= 0.6 is 11.6 Å². The molecular weight excluding hydrogens is 404 g/mol. The van der Waals surface area contributed by atoms with E-state index in [0.717, 1.165) is 50.7 Å². The van der Waals surface area contributed by atoms with Crippen molar-refractivity contribution in [2.45, 2.75) is 6.54 Å². The van der Waals surface area contributed by atoms with E-state index in [1.54, 1.807) is 13.3 Å². The lowest BCUT2D eigenvalue weighted by Crippen LogP contribution is -2.47. The number of rotatable bonds is 9. The Balaban J connectivity index is 1.47. The first-order valence-corrected chi connectivity index (χ1v) is 10.6. The van der Waals surface area contributed by atoms with Gasteiger partial charge in [0, 0.05) is 45.8 Å². The molecule has 1 aromatic carbocycles. The van der Waals surface area contributed by atoms with Crippen molar-refractivity contribution >= 4 is 23.0 Å². The van der Waals surface area contributed by atoms with Gasteiger partial charge >= 0.3 is 0 Å². The maximum Gasteiger partial charge on any atom is 0.287 e. The number of benzene rings is 1. The molecule has 1 aromatic heterocycles. The van der Waals surface area contributed by atoms with Gasteiger partial charge in [-0.15, -0.1) is 0 Å². The molecular formula is C21H31ClN6O2. The zero-order valence-corrected chi connectivity index (χ0v) is 18.7. The predicted octanol–water partition coefficient (Wildman–Crippen LogP) is 1.70. The summed E-state index contributed by atoms with van der Waals surface area (Å²) in [7, 11) is 5.62. The highest BCUT2D eigenvalue weighted by Gasteiger charge is 2.19. The number of para-hydroxylation sites is 2. The fourth-order valence-corrected chi connectivity index (χ4v) is 3.71. The molecule has 0 radical (unpaired) electrons. The van der Waals surface area contributed by atoms with Gasteiger partial charge in [-0.25, -0.2) is 4.68 Å². The highest BCUT2D eigenvalue weighted by atomic mass is 35.5. The predicted molar refractivity (Wildman–Crippen MR) is 122 cm³/mol. The Hall–Kier alpha value is -2.29. The second-order valence-electron chi connectivity index (χ2n) is 7.63. The molecule has 1 saturated heterocycles. The Morgan fingerprint density at radius 3 is 2.60 bits per heavy atom. The van der Waals surface area contributed by atoms with Crippen LogP contribution < -0.4 is 20.5 Å². The molecule has 1 aliphatic heterocycles. The van der Waals surface area contributed by atoms with Crippen LogP contribution in [0.3, 0.4) is 0 Å². The standard InChI is InChI=1S/C21H31ClN6O2/c1-25(2)10-15-28-21(29)20(22)17(16-24-28)23-8-9-26-11-13-27(14-12-26)18-6-4-5-7-19(18)30-3/h4-7,16,23H,8-15H2,1-3H3. The summed E-state index contributed by atoms with van der Waals surface area (Å²) in [6.07, 6.45) is 1.64. The van der Waals surface area contributed by atoms with Gasteiger partial charge in [0.05, 0.1) is 31.2 Å². The smallest absolute Gasteiger partial charge is 0.287 e. The number of hydrogen-bond acceptors (Lipinski definition) is 7. The lowest BCUT2D eigenvalue weighted by atomic mass is 10.2. The van der Waals surface area contributed by atoms with Gasteiger partial charge in [0.25, 0.3) is 5.56 Å². The topological polar surface area (TPSA) is 65.9 Å². The summed E-state index contributed by atoms with van der Waals surface area (Å²) in [5, 5.41) is 7.69. The monoisotopic (exact) mass is 434 g/mol. The number of anilines is 2. The molecule has 1 aliphatic rings. The number of hydrogen-bond donors (Lipinski definition) is 1. The van der Waals surface area contributed by atoms with Crippen molar-refractivity contribution in [2.24, 2.45) is 0 Å². The first kappa shape index (κ1) is 22.4. The summed E-state index contributed by atoms with van der Waals surface area (Å²) in [5.41, 5.74) is 1.48. The summed E-state index contributed by atoms with van der Waals surface area (Å²) in [6, 6.07) is 8.13. The first-order chi connectivity index (χ1) is 14.5. The van der Waals surface area contributed by atoms with E-state index in [2.05, 4.69) is 26.3 Å². The van der Waals surface area contributed by atoms with E-state index >= 15 is 0 Å². The van der Waals surface area contributed by atoms with Gasteiger partial charge in [-0.05, 0) is 26.2 Å². The van der Waals surface area contributed by atoms with Crippen molar-refractivity contribution in [3.63, 3.8) is 0 Å². The number of likely N-dealkylation sites (N-methyl/N-ethyl adjacent to an activating group) is 1. The van der Waals surface area contributed by atoms with Crippen LogP contribution in [0.5, 0.6) is 5.75 Å². The number of aromatic nitrogens is 2. The molecule has 2 heterocycles. The lowest BCUT2D eigenvalue weighted by Gasteiger charge is -2.36. The van der Waals surface area contributed by atoms with E-state index in [1.165, 1.54) is 4.68 Å². The van der Waals surface area contributed by atoms with Crippen molar-refractivity contribution in [2.75, 3.05) is 77.2 Å². The van der Waals surface area contributed by atoms with Crippen LogP contribution in [-0.2, 0) is 6.54 Å². The largest absolute Gasteiger partial charge is 0.495 e. The minimum absolute atomic E-state index is 0.199. The van der Waals surface area contributed by atoms with Gasteiger partial charge in [-0.3, -0.25) is 9.69 Å². The maximum absolute atomic E-state index is 12.4. The molecule has 0 bridgehead atoms. The van der Waals surface area contributed by atoms with Crippen LogP contribution in [0.25, 0.3) is 0 Å². The molecule has 0 aliphatic carbocycles. The van der Waals surface area contributed by atoms with Gasteiger partial charge in [0.2, 0.25) is 0 Å². The summed E-state index contributed by atoms with van der Waals surface area (Å²) in [6.45, 7) is 6.67. The van der Waals surface area contributed by atoms with Crippen LogP contribution in [0.15, 0.2) is 35.3 Å². The molecule has 3 rings (SSSR count). The molecule has 1 fully saturated rings. The molecule has 8 nitrogen and oxygen atoms in total. The molecule has 1 N–H and O–H groups in total. The van der Waals surface area contributed by atoms with Crippen LogP contribution in [0, 0.1) is 0 Å². The molecule has 0 saturated carbocycles. The maximum atomic E-state index is 12.4. The van der Waals surface area contributed by atoms with Gasteiger partial charge in [-0.2, -0.15) is 5.10 Å². The number of piperazine rings is 1. The van der Waals surface area contributed by atoms with Crippen molar-refractivity contribution in [1.29, 1.82) is 0 Å². The van der Waals surface area contributed by atoms with E-state index in [1.807, 2.05) is 37.2 Å². The zero-order valence-electron chi connectivity index (χ0n) is 18.0. The number of halogens is 1. The fraction of sp³-hybridized carbons (Fsp3) is 0.524. The fourth-order valence-electron chi connectivity index (χ4n) is 3.49. The average molecular weight is 435 g/mol. The van der Waals surface area contributed by atoms with Crippen molar-refractivity contribution in [3.05, 3.63) is 45.8 Å². The summed E-state index contributed by atoms with van der Waals surface area (Å²) in [4.78, 5) is 19.1. The number of nitrogens with one attached hydrogen (secondary N) is 1. The summed E-state index contributed by atoms with van der Waals surface area (Å²) in [5.74, 6) is 0.912. The summed E-state index contributed by atoms with van der Waals surface area (Å²) < 4.78 is 6.89. The number of methoxy groups -OCH3 is 1. The summed E-state index contributed by atoms with van der Waals surface area (Å²) >= 11 is 6.27. The van der Waals surface area contributed by atoms with Crippen LogP contribution in [-0.4, -0.2) is 86.6 Å². The molecule has 0 spiro atoms. The molecule has 9 heteroatoms. The number of ether oxygens (including phenoxy) is 1. The molecule has 0 atom stereocenters. The van der Waals surface area contributed by atoms with Crippen LogP contribution in [0.2, 0.25) is 5.02 Å². The molecule has 0 amide bonds. The second-order valence-corrected chi connectivity index (χ2v) is 8.01. The second kappa shape index (κ2) is 10.7. The molecule has 30 heavy (non-hydrogen) atoms. The first-order valence-electron chi connectivity index (χ1n) is 10.2. The SMILES string of the molecule is COc1ccccc1N1CCN(CCNc2cnn(CCN(C)C)c(=O)c2Cl)CC1. The van der Waals surface area contributed by atoms with E-state index < -0.39 is 0 Å². The highest BCUT2D eigenvalue weighted by Crippen LogP contribution is 2.28. The zero-order chi connectivity index (χ0) is 21.5. The molecule has 164 valence electrons. The van der Waals surface area contributed by atoms with Gasteiger partial charge in [-0.1, -0.05) is 23.7 Å².